The molecule has 1 heterocycles. The lowest BCUT2D eigenvalue weighted by Crippen LogP contribution is -2.36. The highest BCUT2D eigenvalue weighted by Gasteiger charge is 2.37. The first-order valence-corrected chi connectivity index (χ1v) is 6.51. The number of aromatic nitrogens is 2. The summed E-state index contributed by atoms with van der Waals surface area (Å²) in [5.74, 6) is 0. The van der Waals surface area contributed by atoms with Gasteiger partial charge >= 0.3 is 6.18 Å². The van der Waals surface area contributed by atoms with Crippen molar-refractivity contribution >= 4 is 0 Å². The Hall–Kier alpha value is -1.41. The van der Waals surface area contributed by atoms with E-state index in [-0.39, 0.29) is 12.2 Å². The Labute approximate surface area is 121 Å². The number of ether oxygens (including phenoxy) is 1. The van der Waals surface area contributed by atoms with Crippen molar-refractivity contribution in [2.45, 2.75) is 26.6 Å². The van der Waals surface area contributed by atoms with Gasteiger partial charge in [-0.2, -0.15) is 13.2 Å². The SMILES string of the molecule is COCCN(C)CCn1c(C)c(C)nc(C(F)(F)F)c1=O. The molecule has 0 saturated carbocycles. The third-order valence-corrected chi connectivity index (χ3v) is 3.31. The second kappa shape index (κ2) is 7.04. The molecule has 1 aromatic rings. The van der Waals surface area contributed by atoms with Gasteiger partial charge in [-0.1, -0.05) is 0 Å². The van der Waals surface area contributed by atoms with Gasteiger partial charge in [-0.05, 0) is 20.9 Å². The molecule has 0 fully saturated rings. The van der Waals surface area contributed by atoms with Crippen LogP contribution in [0.5, 0.6) is 0 Å². The molecule has 8 heteroatoms. The first kappa shape index (κ1) is 17.6. The van der Waals surface area contributed by atoms with Crippen molar-refractivity contribution in [3.63, 3.8) is 0 Å². The lowest BCUT2D eigenvalue weighted by Gasteiger charge is -2.19. The van der Waals surface area contributed by atoms with Gasteiger partial charge in [-0.25, -0.2) is 4.98 Å². The maximum atomic E-state index is 12.8. The molecule has 120 valence electrons. The van der Waals surface area contributed by atoms with Crippen molar-refractivity contribution < 1.29 is 17.9 Å². The number of nitrogens with zero attached hydrogens (tertiary/aromatic N) is 3. The van der Waals surface area contributed by atoms with Gasteiger partial charge in [0.05, 0.1) is 12.3 Å². The maximum Gasteiger partial charge on any atom is 0.438 e. The minimum atomic E-state index is -4.74. The second-order valence-electron chi connectivity index (χ2n) is 4.88. The van der Waals surface area contributed by atoms with Crippen LogP contribution >= 0.6 is 0 Å². The lowest BCUT2D eigenvalue weighted by atomic mass is 10.3. The number of halogens is 3. The zero-order valence-electron chi connectivity index (χ0n) is 12.6. The summed E-state index contributed by atoms with van der Waals surface area (Å²) in [5.41, 5.74) is -1.79. The monoisotopic (exact) mass is 307 g/mol. The maximum absolute atomic E-state index is 12.8. The zero-order chi connectivity index (χ0) is 16.2. The highest BCUT2D eigenvalue weighted by Crippen LogP contribution is 2.25. The Morgan fingerprint density at radius 2 is 1.90 bits per heavy atom. The van der Waals surface area contributed by atoms with Crippen LogP contribution in [0, 0.1) is 13.8 Å². The van der Waals surface area contributed by atoms with Gasteiger partial charge in [0.15, 0.2) is 0 Å². The van der Waals surface area contributed by atoms with E-state index in [0.717, 1.165) is 4.57 Å². The molecule has 0 saturated heterocycles. The molecule has 1 rings (SSSR count). The number of rotatable bonds is 6. The van der Waals surface area contributed by atoms with E-state index in [4.69, 9.17) is 4.74 Å². The van der Waals surface area contributed by atoms with E-state index in [2.05, 4.69) is 4.98 Å². The van der Waals surface area contributed by atoms with Gasteiger partial charge in [0.2, 0.25) is 5.69 Å². The van der Waals surface area contributed by atoms with E-state index >= 15 is 0 Å². The predicted octanol–water partition coefficient (Wildman–Crippen LogP) is 1.46. The van der Waals surface area contributed by atoms with E-state index in [9.17, 15) is 18.0 Å². The molecular weight excluding hydrogens is 287 g/mol. The lowest BCUT2D eigenvalue weighted by molar-refractivity contribution is -0.142. The summed E-state index contributed by atoms with van der Waals surface area (Å²) < 4.78 is 44.5. The van der Waals surface area contributed by atoms with Gasteiger partial charge in [-0.3, -0.25) is 4.79 Å². The fraction of sp³-hybridized carbons (Fsp3) is 0.692. The fourth-order valence-electron chi connectivity index (χ4n) is 1.86. The average molecular weight is 307 g/mol. The van der Waals surface area contributed by atoms with Crippen molar-refractivity contribution in [3.05, 3.63) is 27.4 Å². The summed E-state index contributed by atoms with van der Waals surface area (Å²) in [6, 6.07) is 0. The molecule has 0 aromatic carbocycles. The molecule has 0 spiro atoms. The summed E-state index contributed by atoms with van der Waals surface area (Å²) in [4.78, 5) is 17.2. The Morgan fingerprint density at radius 3 is 2.43 bits per heavy atom. The second-order valence-corrected chi connectivity index (χ2v) is 4.88. The summed E-state index contributed by atoms with van der Waals surface area (Å²) >= 11 is 0. The number of hydrogen-bond donors (Lipinski definition) is 0. The van der Waals surface area contributed by atoms with Crippen LogP contribution in [0.3, 0.4) is 0 Å². The minimum absolute atomic E-state index is 0.178. The van der Waals surface area contributed by atoms with Gasteiger partial charge in [0.25, 0.3) is 5.56 Å². The van der Waals surface area contributed by atoms with Crippen molar-refractivity contribution in [2.24, 2.45) is 0 Å². The number of aryl methyl sites for hydroxylation is 1. The quantitative estimate of drug-likeness (QED) is 0.798. The molecular formula is C13H20F3N3O2. The van der Waals surface area contributed by atoms with Crippen molar-refractivity contribution in [1.82, 2.24) is 14.5 Å². The topological polar surface area (TPSA) is 47.4 Å². The van der Waals surface area contributed by atoms with Gasteiger partial charge in [-0.15, -0.1) is 0 Å². The van der Waals surface area contributed by atoms with E-state index < -0.39 is 17.4 Å². The highest BCUT2D eigenvalue weighted by atomic mass is 19.4. The van der Waals surface area contributed by atoms with Gasteiger partial charge < -0.3 is 14.2 Å². The Balaban J connectivity index is 3.02. The standard InChI is InChI=1S/C13H20F3N3O2/c1-9-10(2)19(6-5-18(3)7-8-21-4)12(20)11(17-9)13(14,15)16/h5-8H2,1-4H3. The largest absolute Gasteiger partial charge is 0.438 e. The zero-order valence-corrected chi connectivity index (χ0v) is 12.6. The molecule has 0 bridgehead atoms. The van der Waals surface area contributed by atoms with Gasteiger partial charge in [0.1, 0.15) is 0 Å². The minimum Gasteiger partial charge on any atom is -0.383 e. The van der Waals surface area contributed by atoms with E-state index in [1.165, 1.54) is 6.92 Å². The number of methoxy groups -OCH3 is 1. The average Bonchev–Trinajstić information content (AvgIpc) is 2.39. The molecule has 21 heavy (non-hydrogen) atoms. The van der Waals surface area contributed by atoms with Crippen LogP contribution in [0.25, 0.3) is 0 Å². The van der Waals surface area contributed by atoms with E-state index in [1.54, 1.807) is 14.0 Å². The number of hydrogen-bond acceptors (Lipinski definition) is 4. The van der Waals surface area contributed by atoms with E-state index in [0.29, 0.717) is 25.4 Å². The van der Waals surface area contributed by atoms with Crippen LogP contribution < -0.4 is 5.56 Å². The van der Waals surface area contributed by atoms with Crippen molar-refractivity contribution in [1.29, 1.82) is 0 Å². The van der Waals surface area contributed by atoms with Crippen LogP contribution in [0.1, 0.15) is 17.1 Å². The predicted molar refractivity (Wildman–Crippen MR) is 72.3 cm³/mol. The molecule has 5 nitrogen and oxygen atoms in total. The van der Waals surface area contributed by atoms with Crippen LogP contribution in [0.2, 0.25) is 0 Å². The summed E-state index contributed by atoms with van der Waals surface area (Å²) in [5, 5.41) is 0. The number of alkyl halides is 3. The molecule has 0 unspecified atom stereocenters. The summed E-state index contributed by atoms with van der Waals surface area (Å²) in [6.45, 7) is 4.85. The van der Waals surface area contributed by atoms with Crippen LogP contribution in [0.4, 0.5) is 13.2 Å². The Bertz CT molecular complexity index is 541. The van der Waals surface area contributed by atoms with Gasteiger partial charge in [0, 0.05) is 32.4 Å². The molecule has 1 aromatic heterocycles. The fourth-order valence-corrected chi connectivity index (χ4v) is 1.86. The molecule has 0 amide bonds. The molecule has 0 N–H and O–H groups in total. The molecule has 0 atom stereocenters. The smallest absolute Gasteiger partial charge is 0.383 e. The summed E-state index contributed by atoms with van der Waals surface area (Å²) in [6.07, 6.45) is -4.74. The molecule has 0 aliphatic heterocycles. The third-order valence-electron chi connectivity index (χ3n) is 3.31. The first-order valence-electron chi connectivity index (χ1n) is 6.51. The van der Waals surface area contributed by atoms with Crippen molar-refractivity contribution in [3.8, 4) is 0 Å². The Morgan fingerprint density at radius 1 is 1.29 bits per heavy atom. The van der Waals surface area contributed by atoms with Crippen LogP contribution in [0.15, 0.2) is 4.79 Å². The first-order chi connectivity index (χ1) is 9.68. The normalized spacial score (nSPS) is 12.2. The molecule has 0 aliphatic rings. The Kier molecular flexibility index (Phi) is 5.91. The van der Waals surface area contributed by atoms with Crippen molar-refractivity contribution in [2.75, 3.05) is 33.9 Å². The number of likely N-dealkylation sites (N-methyl/N-ethyl adjacent to an activating group) is 1. The summed E-state index contributed by atoms with van der Waals surface area (Å²) in [7, 11) is 3.39. The van der Waals surface area contributed by atoms with E-state index in [1.807, 2.05) is 11.9 Å². The molecule has 0 aliphatic carbocycles. The highest BCUT2D eigenvalue weighted by molar-refractivity contribution is 5.15. The van der Waals surface area contributed by atoms with Crippen LogP contribution in [-0.2, 0) is 17.5 Å². The third kappa shape index (κ3) is 4.53. The van der Waals surface area contributed by atoms with Crippen LogP contribution in [-0.4, -0.2) is 48.3 Å². The molecule has 0 radical (unpaired) electrons.